The molecule has 3 heterocycles. The highest BCUT2D eigenvalue weighted by atomic mass is 35.5. The number of anilines is 1. The Kier molecular flexibility index (Phi) is 6.02. The van der Waals surface area contributed by atoms with Crippen molar-refractivity contribution < 1.29 is 9.18 Å². The maximum atomic E-state index is 15.3. The number of amides is 1. The van der Waals surface area contributed by atoms with Crippen molar-refractivity contribution in [3.63, 3.8) is 0 Å². The van der Waals surface area contributed by atoms with Gasteiger partial charge in [-0.15, -0.1) is 5.10 Å². The minimum absolute atomic E-state index is 0.0171. The molecule has 1 N–H and O–H groups in total. The zero-order valence-electron chi connectivity index (χ0n) is 18.9. The number of aryl methyl sites for hydroxylation is 2. The van der Waals surface area contributed by atoms with Gasteiger partial charge in [-0.1, -0.05) is 16.8 Å². The lowest BCUT2D eigenvalue weighted by Crippen LogP contribution is -2.49. The summed E-state index contributed by atoms with van der Waals surface area (Å²) in [5.74, 6) is -0.535. The van der Waals surface area contributed by atoms with Crippen molar-refractivity contribution in [2.24, 2.45) is 0 Å². The molecule has 0 radical (unpaired) electrons. The zero-order chi connectivity index (χ0) is 23.8. The lowest BCUT2D eigenvalue weighted by molar-refractivity contribution is 0.0968. The minimum Gasteiger partial charge on any atom is -0.315 e. The third-order valence-electron chi connectivity index (χ3n) is 6.14. The summed E-state index contributed by atoms with van der Waals surface area (Å²) in [6.45, 7) is 5.24. The first kappa shape index (κ1) is 22.4. The van der Waals surface area contributed by atoms with Gasteiger partial charge in [-0.3, -0.25) is 9.69 Å². The van der Waals surface area contributed by atoms with E-state index in [9.17, 15) is 4.79 Å². The number of hydrogen-bond donors (Lipinski definition) is 1. The highest BCUT2D eigenvalue weighted by Gasteiger charge is 2.32. The van der Waals surface area contributed by atoms with Crippen LogP contribution in [0.15, 0.2) is 48.8 Å². The number of hydrogen-bond acceptors (Lipinski definition) is 5. The molecular weight excluding hydrogens is 455 g/mol. The van der Waals surface area contributed by atoms with Gasteiger partial charge in [0.2, 0.25) is 0 Å². The molecule has 9 heteroatoms. The van der Waals surface area contributed by atoms with Gasteiger partial charge in [0.25, 0.3) is 5.91 Å². The lowest BCUT2D eigenvalue weighted by Gasteiger charge is -2.35. The molecule has 4 aromatic rings. The van der Waals surface area contributed by atoms with Crippen LogP contribution in [0.25, 0.3) is 16.5 Å². The van der Waals surface area contributed by atoms with Gasteiger partial charge >= 0.3 is 0 Å². The predicted octanol–water partition coefficient (Wildman–Crippen LogP) is 4.62. The summed E-state index contributed by atoms with van der Waals surface area (Å²) in [4.78, 5) is 20.1. The number of carbonyl (C=O) groups excluding carboxylic acids is 1. The van der Waals surface area contributed by atoms with Crippen LogP contribution in [0, 0.1) is 19.7 Å². The molecule has 1 aliphatic rings. The normalized spacial score (nSPS) is 16.1. The number of piperidine rings is 1. The van der Waals surface area contributed by atoms with E-state index in [4.69, 9.17) is 11.6 Å². The van der Waals surface area contributed by atoms with E-state index < -0.39 is 11.7 Å². The molecule has 2 aromatic heterocycles. The molecule has 7 nitrogen and oxygen atoms in total. The average molecular weight is 479 g/mol. The quantitative estimate of drug-likeness (QED) is 0.463. The van der Waals surface area contributed by atoms with Crippen LogP contribution in [-0.2, 0) is 0 Å². The lowest BCUT2D eigenvalue weighted by atomic mass is 10.0. The molecular formula is C25H24ClFN6O. The fraction of sp³-hybridized carbons (Fsp3) is 0.280. The molecule has 0 saturated carbocycles. The van der Waals surface area contributed by atoms with Gasteiger partial charge in [-0.05, 0) is 74.5 Å². The van der Waals surface area contributed by atoms with Crippen molar-refractivity contribution in [1.82, 2.24) is 25.3 Å². The first-order valence-corrected chi connectivity index (χ1v) is 11.6. The Morgan fingerprint density at radius 3 is 2.79 bits per heavy atom. The number of aromatic nitrogens is 4. The maximum Gasteiger partial charge on any atom is 0.262 e. The predicted molar refractivity (Wildman–Crippen MR) is 130 cm³/mol. The van der Waals surface area contributed by atoms with Crippen LogP contribution >= 0.6 is 11.6 Å². The maximum absolute atomic E-state index is 15.3. The topological polar surface area (TPSA) is 75.9 Å². The highest BCUT2D eigenvalue weighted by Crippen LogP contribution is 2.33. The Morgan fingerprint density at radius 1 is 1.24 bits per heavy atom. The second kappa shape index (κ2) is 9.12. The fourth-order valence-electron chi connectivity index (χ4n) is 4.55. The fourth-order valence-corrected chi connectivity index (χ4v) is 4.83. The van der Waals surface area contributed by atoms with E-state index in [0.29, 0.717) is 28.8 Å². The molecule has 2 aromatic carbocycles. The van der Waals surface area contributed by atoms with E-state index in [1.165, 1.54) is 16.8 Å². The number of halogens is 2. The van der Waals surface area contributed by atoms with Crippen LogP contribution in [-0.4, -0.2) is 45.0 Å². The second-order valence-electron chi connectivity index (χ2n) is 8.60. The monoisotopic (exact) mass is 478 g/mol. The Labute approximate surface area is 201 Å². The highest BCUT2D eigenvalue weighted by molar-refractivity contribution is 6.31. The molecule has 1 aliphatic heterocycles. The second-order valence-corrected chi connectivity index (χ2v) is 9.04. The number of pyridine rings is 1. The molecule has 1 fully saturated rings. The van der Waals surface area contributed by atoms with E-state index in [1.54, 1.807) is 30.3 Å². The number of fused-ring (bicyclic) bond motifs is 1. The molecule has 0 spiro atoms. The van der Waals surface area contributed by atoms with E-state index in [-0.39, 0.29) is 11.6 Å². The third kappa shape index (κ3) is 4.15. The van der Waals surface area contributed by atoms with Gasteiger partial charge in [0, 0.05) is 29.2 Å². The number of nitrogens with zero attached hydrogens (tertiary/aromatic N) is 5. The third-order valence-corrected chi connectivity index (χ3v) is 6.36. The van der Waals surface area contributed by atoms with Crippen molar-refractivity contribution in [3.05, 3.63) is 76.5 Å². The molecule has 34 heavy (non-hydrogen) atoms. The van der Waals surface area contributed by atoms with Crippen molar-refractivity contribution in [2.75, 3.05) is 18.0 Å². The number of rotatable bonds is 4. The van der Waals surface area contributed by atoms with E-state index in [1.807, 2.05) is 25.1 Å². The molecule has 1 amide bonds. The molecule has 1 unspecified atom stereocenters. The van der Waals surface area contributed by atoms with E-state index in [2.05, 4.69) is 20.6 Å². The molecule has 1 atom stereocenters. The Morgan fingerprint density at radius 2 is 2.09 bits per heavy atom. The number of carbonyl (C=O) groups is 1. The first-order valence-electron chi connectivity index (χ1n) is 11.2. The van der Waals surface area contributed by atoms with Crippen molar-refractivity contribution >= 4 is 34.1 Å². The zero-order valence-corrected chi connectivity index (χ0v) is 19.7. The molecule has 1 saturated heterocycles. The molecule has 5 rings (SSSR count). The van der Waals surface area contributed by atoms with Crippen molar-refractivity contribution in [2.45, 2.75) is 32.7 Å². The van der Waals surface area contributed by atoms with Crippen molar-refractivity contribution in [3.8, 4) is 5.69 Å². The van der Waals surface area contributed by atoms with Gasteiger partial charge in [0.1, 0.15) is 11.6 Å². The Bertz CT molecular complexity index is 1380. The largest absolute Gasteiger partial charge is 0.315 e. The van der Waals surface area contributed by atoms with E-state index in [0.717, 1.165) is 35.7 Å². The van der Waals surface area contributed by atoms with Crippen LogP contribution in [0.3, 0.4) is 0 Å². The van der Waals surface area contributed by atoms with Crippen LogP contribution in [0.4, 0.5) is 10.2 Å². The average Bonchev–Trinajstić information content (AvgIpc) is 3.26. The van der Waals surface area contributed by atoms with Crippen LogP contribution in [0.1, 0.15) is 34.5 Å². The van der Waals surface area contributed by atoms with Gasteiger partial charge < -0.3 is 5.32 Å². The SMILES string of the molecule is Cc1cn(-c2ccc(C(=O)N(c3nccc4cc(Cl)cc(C)c34)C3CCCNC3)c(F)c2)nn1. The summed E-state index contributed by atoms with van der Waals surface area (Å²) in [6.07, 6.45) is 5.07. The summed E-state index contributed by atoms with van der Waals surface area (Å²) in [5, 5.41) is 13.6. The number of benzene rings is 2. The Hall–Kier alpha value is -3.36. The summed E-state index contributed by atoms with van der Waals surface area (Å²) >= 11 is 6.28. The smallest absolute Gasteiger partial charge is 0.262 e. The molecule has 0 aliphatic carbocycles. The van der Waals surface area contributed by atoms with Crippen LogP contribution < -0.4 is 10.2 Å². The van der Waals surface area contributed by atoms with E-state index >= 15 is 4.39 Å². The van der Waals surface area contributed by atoms with Gasteiger partial charge in [0.05, 0.1) is 29.2 Å². The van der Waals surface area contributed by atoms with Gasteiger partial charge in [-0.2, -0.15) is 0 Å². The first-order chi connectivity index (χ1) is 16.4. The standard InChI is InChI=1S/C25H24ClFN6O/c1-15-10-18(26)11-17-7-9-29-24(23(15)17)33(20-4-3-8-28-13-20)25(34)21-6-5-19(12-22(21)27)32-14-16(2)30-31-32/h5-7,9-12,14,20,28H,3-4,8,13H2,1-2H3. The van der Waals surface area contributed by atoms with Crippen molar-refractivity contribution in [1.29, 1.82) is 0 Å². The Balaban J connectivity index is 1.61. The molecule has 0 bridgehead atoms. The summed E-state index contributed by atoms with van der Waals surface area (Å²) < 4.78 is 16.8. The summed E-state index contributed by atoms with van der Waals surface area (Å²) in [7, 11) is 0. The van der Waals surface area contributed by atoms with Crippen LogP contribution in [0.2, 0.25) is 5.02 Å². The summed E-state index contributed by atoms with van der Waals surface area (Å²) in [5.41, 5.74) is 2.10. The summed E-state index contributed by atoms with van der Waals surface area (Å²) in [6, 6.07) is 9.89. The minimum atomic E-state index is -0.621. The van der Waals surface area contributed by atoms with Crippen LogP contribution in [0.5, 0.6) is 0 Å². The molecule has 174 valence electrons. The van der Waals surface area contributed by atoms with Gasteiger partial charge in [-0.25, -0.2) is 14.1 Å². The van der Waals surface area contributed by atoms with Gasteiger partial charge in [0.15, 0.2) is 0 Å². The number of nitrogens with one attached hydrogen (secondary N) is 1.